The number of benzene rings is 1. The Morgan fingerprint density at radius 1 is 1.19 bits per heavy atom. The monoisotopic (exact) mass is 353 g/mol. The van der Waals surface area contributed by atoms with Crippen molar-refractivity contribution in [3.05, 3.63) is 42.2 Å². The van der Waals surface area contributed by atoms with E-state index in [1.165, 1.54) is 6.92 Å². The van der Waals surface area contributed by atoms with Crippen LogP contribution in [0.15, 0.2) is 36.7 Å². The summed E-state index contributed by atoms with van der Waals surface area (Å²) in [5, 5.41) is 10.3. The normalized spacial score (nSPS) is 24.3. The third-order valence-electron chi connectivity index (χ3n) is 5.28. The molecule has 1 atom stereocenters. The molecule has 5 rings (SSSR count). The second-order valence-electron chi connectivity index (χ2n) is 7.09. The average Bonchev–Trinajstić information content (AvgIpc) is 3.13. The number of nitrogens with zero attached hydrogens (tertiary/aromatic N) is 3. The SMILES string of the molecule is CC(=O)Nc1ccccc1-n1cc(C(=O)NC2CN3CCC2CC3)cn1. The molecule has 0 aliphatic carbocycles. The zero-order chi connectivity index (χ0) is 18.1. The van der Waals surface area contributed by atoms with E-state index in [1.807, 2.05) is 24.3 Å². The quantitative estimate of drug-likeness (QED) is 0.876. The summed E-state index contributed by atoms with van der Waals surface area (Å²) in [5.74, 6) is 0.344. The van der Waals surface area contributed by atoms with Crippen molar-refractivity contribution < 1.29 is 9.59 Å². The molecule has 2 bridgehead atoms. The number of carbonyl (C=O) groups excluding carboxylic acids is 2. The standard InChI is InChI=1S/C19H23N5O2/c1-13(25)21-16-4-2-3-5-18(16)24-11-15(10-20-24)19(26)22-17-12-23-8-6-14(17)7-9-23/h2-5,10-11,14,17H,6-9,12H2,1H3,(H,21,25)(H,22,26). The van der Waals surface area contributed by atoms with E-state index in [9.17, 15) is 9.59 Å². The van der Waals surface area contributed by atoms with E-state index in [4.69, 9.17) is 0 Å². The Hall–Kier alpha value is -2.67. The molecular formula is C19H23N5O2. The van der Waals surface area contributed by atoms with Crippen molar-refractivity contribution in [2.45, 2.75) is 25.8 Å². The topological polar surface area (TPSA) is 79.3 Å². The van der Waals surface area contributed by atoms with Crippen molar-refractivity contribution in [2.75, 3.05) is 25.0 Å². The molecule has 2 N–H and O–H groups in total. The lowest BCUT2D eigenvalue weighted by Gasteiger charge is -2.44. The minimum absolute atomic E-state index is 0.0907. The largest absolute Gasteiger partial charge is 0.348 e. The van der Waals surface area contributed by atoms with E-state index in [2.05, 4.69) is 20.6 Å². The molecule has 3 saturated heterocycles. The first-order valence-corrected chi connectivity index (χ1v) is 9.05. The summed E-state index contributed by atoms with van der Waals surface area (Å²) in [7, 11) is 0. The van der Waals surface area contributed by atoms with Crippen molar-refractivity contribution in [3.8, 4) is 5.69 Å². The van der Waals surface area contributed by atoms with Gasteiger partial charge in [-0.05, 0) is 44.0 Å². The van der Waals surface area contributed by atoms with Gasteiger partial charge in [-0.2, -0.15) is 5.10 Å². The fourth-order valence-electron chi connectivity index (χ4n) is 3.92. The number of hydrogen-bond acceptors (Lipinski definition) is 4. The van der Waals surface area contributed by atoms with Crippen molar-refractivity contribution in [1.29, 1.82) is 0 Å². The van der Waals surface area contributed by atoms with Gasteiger partial charge in [0.2, 0.25) is 5.91 Å². The van der Waals surface area contributed by atoms with Gasteiger partial charge in [0, 0.05) is 25.7 Å². The van der Waals surface area contributed by atoms with Crippen LogP contribution in [0.5, 0.6) is 0 Å². The molecule has 0 radical (unpaired) electrons. The van der Waals surface area contributed by atoms with Crippen LogP contribution in [0.1, 0.15) is 30.1 Å². The molecule has 3 aliphatic heterocycles. The molecule has 0 saturated carbocycles. The molecule has 1 aromatic heterocycles. The highest BCUT2D eigenvalue weighted by molar-refractivity contribution is 5.94. The predicted molar refractivity (Wildman–Crippen MR) is 98.3 cm³/mol. The van der Waals surface area contributed by atoms with Crippen LogP contribution in [-0.4, -0.2) is 52.2 Å². The molecule has 2 aromatic rings. The molecule has 7 nitrogen and oxygen atoms in total. The molecule has 1 aromatic carbocycles. The fourth-order valence-corrected chi connectivity index (χ4v) is 3.92. The number of fused-ring (bicyclic) bond motifs is 3. The van der Waals surface area contributed by atoms with Gasteiger partial charge >= 0.3 is 0 Å². The van der Waals surface area contributed by atoms with Crippen molar-refractivity contribution >= 4 is 17.5 Å². The number of rotatable bonds is 4. The van der Waals surface area contributed by atoms with Gasteiger partial charge in [0.25, 0.3) is 5.91 Å². The highest BCUT2D eigenvalue weighted by Gasteiger charge is 2.35. The molecule has 0 spiro atoms. The van der Waals surface area contributed by atoms with E-state index in [0.717, 1.165) is 38.2 Å². The van der Waals surface area contributed by atoms with Crippen molar-refractivity contribution in [3.63, 3.8) is 0 Å². The maximum Gasteiger partial charge on any atom is 0.254 e. The van der Waals surface area contributed by atoms with Crippen LogP contribution < -0.4 is 10.6 Å². The van der Waals surface area contributed by atoms with Gasteiger partial charge in [0.1, 0.15) is 0 Å². The van der Waals surface area contributed by atoms with Crippen molar-refractivity contribution in [2.24, 2.45) is 5.92 Å². The highest BCUT2D eigenvalue weighted by Crippen LogP contribution is 2.27. The van der Waals surface area contributed by atoms with E-state index in [1.54, 1.807) is 17.1 Å². The van der Waals surface area contributed by atoms with Crippen LogP contribution in [0.25, 0.3) is 5.69 Å². The Balaban J connectivity index is 1.50. The smallest absolute Gasteiger partial charge is 0.254 e. The summed E-state index contributed by atoms with van der Waals surface area (Å²) in [5.41, 5.74) is 1.91. The lowest BCUT2D eigenvalue weighted by molar-refractivity contribution is -0.114. The number of para-hydroxylation sites is 2. The number of carbonyl (C=O) groups is 2. The second-order valence-corrected chi connectivity index (χ2v) is 7.09. The lowest BCUT2D eigenvalue weighted by atomic mass is 9.84. The first-order valence-electron chi connectivity index (χ1n) is 9.05. The summed E-state index contributed by atoms with van der Waals surface area (Å²) in [6.07, 6.45) is 5.60. The minimum Gasteiger partial charge on any atom is -0.348 e. The third-order valence-corrected chi connectivity index (χ3v) is 5.28. The summed E-state index contributed by atoms with van der Waals surface area (Å²) in [6.45, 7) is 4.70. The van der Waals surface area contributed by atoms with E-state index in [0.29, 0.717) is 17.2 Å². The number of amides is 2. The van der Waals surface area contributed by atoms with E-state index >= 15 is 0 Å². The zero-order valence-corrected chi connectivity index (χ0v) is 14.8. The zero-order valence-electron chi connectivity index (χ0n) is 14.8. The Morgan fingerprint density at radius 2 is 1.96 bits per heavy atom. The highest BCUT2D eigenvalue weighted by atomic mass is 16.2. The van der Waals surface area contributed by atoms with Gasteiger partial charge < -0.3 is 15.5 Å². The molecule has 7 heteroatoms. The number of aromatic nitrogens is 2. The van der Waals surface area contributed by atoms with Crippen LogP contribution in [0, 0.1) is 5.92 Å². The van der Waals surface area contributed by atoms with E-state index < -0.39 is 0 Å². The summed E-state index contributed by atoms with van der Waals surface area (Å²) >= 11 is 0. The Morgan fingerprint density at radius 3 is 2.65 bits per heavy atom. The Labute approximate surface area is 152 Å². The predicted octanol–water partition coefficient (Wildman–Crippen LogP) is 1.65. The maximum atomic E-state index is 12.6. The Kier molecular flexibility index (Phi) is 4.46. The third kappa shape index (κ3) is 3.35. The summed E-state index contributed by atoms with van der Waals surface area (Å²) in [6, 6.07) is 7.60. The molecular weight excluding hydrogens is 330 g/mol. The van der Waals surface area contributed by atoms with Gasteiger partial charge in [0.05, 0.1) is 23.1 Å². The molecule has 3 aliphatic rings. The molecule has 3 fully saturated rings. The molecule has 2 amide bonds. The molecule has 26 heavy (non-hydrogen) atoms. The average molecular weight is 353 g/mol. The Bertz CT molecular complexity index is 823. The van der Waals surface area contributed by atoms with Gasteiger partial charge in [0.15, 0.2) is 0 Å². The van der Waals surface area contributed by atoms with Gasteiger partial charge in [-0.15, -0.1) is 0 Å². The fraction of sp³-hybridized carbons (Fsp3) is 0.421. The number of nitrogens with one attached hydrogen (secondary N) is 2. The van der Waals surface area contributed by atoms with Crippen LogP contribution >= 0.6 is 0 Å². The van der Waals surface area contributed by atoms with Gasteiger partial charge in [-0.3, -0.25) is 9.59 Å². The molecule has 4 heterocycles. The molecule has 136 valence electrons. The number of piperidine rings is 3. The summed E-state index contributed by atoms with van der Waals surface area (Å²) in [4.78, 5) is 26.4. The first-order chi connectivity index (χ1) is 12.6. The first kappa shape index (κ1) is 16.8. The second kappa shape index (κ2) is 6.92. The van der Waals surface area contributed by atoms with E-state index in [-0.39, 0.29) is 17.9 Å². The van der Waals surface area contributed by atoms with Gasteiger partial charge in [-0.25, -0.2) is 4.68 Å². The van der Waals surface area contributed by atoms with Gasteiger partial charge in [-0.1, -0.05) is 12.1 Å². The van der Waals surface area contributed by atoms with Crippen LogP contribution in [0.2, 0.25) is 0 Å². The minimum atomic E-state index is -0.148. The van der Waals surface area contributed by atoms with Crippen molar-refractivity contribution in [1.82, 2.24) is 20.0 Å². The van der Waals surface area contributed by atoms with Crippen LogP contribution in [-0.2, 0) is 4.79 Å². The number of anilines is 1. The lowest BCUT2D eigenvalue weighted by Crippen LogP contribution is -2.57. The maximum absolute atomic E-state index is 12.6. The van der Waals surface area contributed by atoms with Crippen LogP contribution in [0.3, 0.4) is 0 Å². The van der Waals surface area contributed by atoms with Crippen LogP contribution in [0.4, 0.5) is 5.69 Å². The number of hydrogen-bond donors (Lipinski definition) is 2. The molecule has 1 unspecified atom stereocenters. The summed E-state index contributed by atoms with van der Waals surface area (Å²) < 4.78 is 1.62.